The summed E-state index contributed by atoms with van der Waals surface area (Å²) in [7, 11) is -3.59. The lowest BCUT2D eigenvalue weighted by atomic mass is 10.4. The number of sulfonamides is 1. The molecular formula is C10H15N3O2S2. The molecule has 7 heteroatoms. The Hall–Kier alpha value is -0.790. The van der Waals surface area contributed by atoms with Crippen LogP contribution in [-0.4, -0.2) is 30.9 Å². The van der Waals surface area contributed by atoms with Crippen molar-refractivity contribution in [2.45, 2.75) is 22.6 Å². The normalized spacial score (nSPS) is 17.9. The van der Waals surface area contributed by atoms with Crippen LogP contribution in [0.25, 0.3) is 0 Å². The maximum absolute atomic E-state index is 12.0. The smallest absolute Gasteiger partial charge is 0.260 e. The number of hydrogen-bond acceptors (Lipinski definition) is 5. The maximum Gasteiger partial charge on any atom is 0.260 e. The minimum Gasteiger partial charge on any atom is -0.396 e. The molecule has 94 valence electrons. The first-order valence-corrected chi connectivity index (χ1v) is 7.95. The van der Waals surface area contributed by atoms with E-state index in [1.807, 2.05) is 6.26 Å². The van der Waals surface area contributed by atoms with Crippen molar-refractivity contribution in [3.8, 4) is 0 Å². The zero-order chi connectivity index (χ0) is 12.5. The lowest BCUT2D eigenvalue weighted by Gasteiger charge is -2.13. The highest BCUT2D eigenvalue weighted by Gasteiger charge is 2.42. The first-order valence-electron chi connectivity index (χ1n) is 5.24. The molecule has 0 unspecified atom stereocenters. The fraction of sp³-hybridized carbons (Fsp3) is 0.500. The largest absolute Gasteiger partial charge is 0.396 e. The molecule has 0 amide bonds. The molecule has 0 radical (unpaired) electrons. The highest BCUT2D eigenvalue weighted by atomic mass is 32.2. The van der Waals surface area contributed by atoms with Crippen LogP contribution < -0.4 is 10.5 Å². The second-order valence-corrected chi connectivity index (χ2v) is 7.07. The van der Waals surface area contributed by atoms with E-state index in [-0.39, 0.29) is 15.5 Å². The van der Waals surface area contributed by atoms with Crippen LogP contribution in [0.4, 0.5) is 5.69 Å². The van der Waals surface area contributed by atoms with Gasteiger partial charge in [0, 0.05) is 17.5 Å². The van der Waals surface area contributed by atoms with Gasteiger partial charge >= 0.3 is 0 Å². The van der Waals surface area contributed by atoms with Gasteiger partial charge in [0.2, 0.25) is 0 Å². The Bertz CT molecular complexity index is 512. The van der Waals surface area contributed by atoms with Crippen LogP contribution in [0.5, 0.6) is 0 Å². The summed E-state index contributed by atoms with van der Waals surface area (Å²) in [6.07, 6.45) is 5.52. The lowest BCUT2D eigenvalue weighted by molar-refractivity contribution is 0.576. The Morgan fingerprint density at radius 1 is 1.59 bits per heavy atom. The van der Waals surface area contributed by atoms with Crippen molar-refractivity contribution in [1.82, 2.24) is 9.71 Å². The van der Waals surface area contributed by atoms with Gasteiger partial charge in [-0.3, -0.25) is 0 Å². The number of pyridine rings is 1. The second-order valence-electron chi connectivity index (χ2n) is 4.11. The Labute approximate surface area is 105 Å². The van der Waals surface area contributed by atoms with Gasteiger partial charge in [0.1, 0.15) is 0 Å². The highest BCUT2D eigenvalue weighted by Crippen LogP contribution is 2.46. The van der Waals surface area contributed by atoms with E-state index >= 15 is 0 Å². The zero-order valence-corrected chi connectivity index (χ0v) is 11.1. The Balaban J connectivity index is 2.12. The van der Waals surface area contributed by atoms with Crippen molar-refractivity contribution >= 4 is 27.5 Å². The summed E-state index contributed by atoms with van der Waals surface area (Å²) in [5.74, 6) is 0. The molecular weight excluding hydrogens is 258 g/mol. The van der Waals surface area contributed by atoms with Crippen LogP contribution in [0.2, 0.25) is 0 Å². The summed E-state index contributed by atoms with van der Waals surface area (Å²) >= 11 is 1.70. The van der Waals surface area contributed by atoms with Crippen molar-refractivity contribution in [2.75, 3.05) is 18.5 Å². The van der Waals surface area contributed by atoms with E-state index in [0.717, 1.165) is 12.8 Å². The van der Waals surface area contributed by atoms with E-state index in [0.29, 0.717) is 6.54 Å². The van der Waals surface area contributed by atoms with Crippen molar-refractivity contribution in [2.24, 2.45) is 0 Å². The highest BCUT2D eigenvalue weighted by molar-refractivity contribution is 8.00. The van der Waals surface area contributed by atoms with Gasteiger partial charge in [-0.1, -0.05) is 0 Å². The molecule has 1 aromatic heterocycles. The van der Waals surface area contributed by atoms with E-state index in [4.69, 9.17) is 5.73 Å². The molecule has 1 saturated carbocycles. The molecule has 1 aliphatic rings. The molecule has 1 heterocycles. The Morgan fingerprint density at radius 2 is 2.29 bits per heavy atom. The van der Waals surface area contributed by atoms with E-state index in [2.05, 4.69) is 9.71 Å². The van der Waals surface area contributed by atoms with Crippen LogP contribution in [0.15, 0.2) is 23.4 Å². The average Bonchev–Trinajstić information content (AvgIpc) is 3.08. The molecule has 0 spiro atoms. The average molecular weight is 273 g/mol. The van der Waals surface area contributed by atoms with Gasteiger partial charge in [-0.25, -0.2) is 18.1 Å². The maximum atomic E-state index is 12.0. The Morgan fingerprint density at radius 3 is 2.82 bits per heavy atom. The van der Waals surface area contributed by atoms with Crippen molar-refractivity contribution in [1.29, 1.82) is 0 Å². The van der Waals surface area contributed by atoms with Crippen molar-refractivity contribution in [3.63, 3.8) is 0 Å². The van der Waals surface area contributed by atoms with Gasteiger partial charge in [-0.2, -0.15) is 11.8 Å². The number of thioether (sulfide) groups is 1. The van der Waals surface area contributed by atoms with Gasteiger partial charge in [0.25, 0.3) is 10.0 Å². The van der Waals surface area contributed by atoms with Crippen LogP contribution >= 0.6 is 11.8 Å². The number of nitrogens with one attached hydrogen (secondary N) is 1. The van der Waals surface area contributed by atoms with Gasteiger partial charge in [0.05, 0.1) is 5.69 Å². The third-order valence-electron chi connectivity index (χ3n) is 2.88. The number of aromatic nitrogens is 1. The summed E-state index contributed by atoms with van der Waals surface area (Å²) < 4.78 is 26.6. The fourth-order valence-electron chi connectivity index (χ4n) is 1.52. The molecule has 0 saturated heterocycles. The summed E-state index contributed by atoms with van der Waals surface area (Å²) in [4.78, 5) is 3.81. The molecule has 5 nitrogen and oxygen atoms in total. The molecule has 17 heavy (non-hydrogen) atoms. The summed E-state index contributed by atoms with van der Waals surface area (Å²) in [5.41, 5.74) is 5.78. The third-order valence-corrected chi connectivity index (χ3v) is 5.67. The summed E-state index contributed by atoms with van der Waals surface area (Å²) in [6.45, 7) is 0.437. The molecule has 0 aromatic carbocycles. The number of nitrogens with two attached hydrogens (primary N) is 1. The van der Waals surface area contributed by atoms with Gasteiger partial charge in [-0.05, 0) is 31.2 Å². The second kappa shape index (κ2) is 4.47. The van der Waals surface area contributed by atoms with Gasteiger partial charge in [0.15, 0.2) is 5.03 Å². The summed E-state index contributed by atoms with van der Waals surface area (Å²) in [6, 6.07) is 3.14. The molecule has 0 atom stereocenters. The van der Waals surface area contributed by atoms with E-state index < -0.39 is 10.0 Å². The van der Waals surface area contributed by atoms with Crippen LogP contribution in [0.1, 0.15) is 12.8 Å². The minimum atomic E-state index is -3.59. The van der Waals surface area contributed by atoms with Crippen molar-refractivity contribution < 1.29 is 8.42 Å². The molecule has 1 fully saturated rings. The first kappa shape index (κ1) is 12.7. The van der Waals surface area contributed by atoms with E-state index in [1.165, 1.54) is 12.3 Å². The Kier molecular flexibility index (Phi) is 3.33. The number of rotatable bonds is 5. The minimum absolute atomic E-state index is 0.0800. The SMILES string of the molecule is CSC1(CNS(=O)(=O)c2ncccc2N)CC1. The zero-order valence-electron chi connectivity index (χ0n) is 9.51. The molecule has 3 N–H and O–H groups in total. The fourth-order valence-corrected chi connectivity index (χ4v) is 3.51. The standard InChI is InChI=1S/C10H15N3O2S2/c1-16-10(4-5-10)7-13-17(14,15)9-8(11)3-2-6-12-9/h2-3,6,13H,4-5,7,11H2,1H3. The quantitative estimate of drug-likeness (QED) is 0.830. The first-order chi connectivity index (χ1) is 7.99. The number of nitrogens with zero attached hydrogens (tertiary/aromatic N) is 1. The van der Waals surface area contributed by atoms with Crippen LogP contribution in [-0.2, 0) is 10.0 Å². The van der Waals surface area contributed by atoms with Crippen molar-refractivity contribution in [3.05, 3.63) is 18.3 Å². The predicted molar refractivity (Wildman–Crippen MR) is 69.3 cm³/mol. The molecule has 0 bridgehead atoms. The third kappa shape index (κ3) is 2.72. The van der Waals surface area contributed by atoms with Crippen LogP contribution in [0.3, 0.4) is 0 Å². The predicted octanol–water partition coefficient (Wildman–Crippen LogP) is 0.838. The van der Waals surface area contributed by atoms with Crippen LogP contribution in [0, 0.1) is 0 Å². The molecule has 0 aliphatic heterocycles. The van der Waals surface area contributed by atoms with Gasteiger partial charge < -0.3 is 5.73 Å². The lowest BCUT2D eigenvalue weighted by Crippen LogP contribution is -2.32. The van der Waals surface area contributed by atoms with Gasteiger partial charge in [-0.15, -0.1) is 0 Å². The van der Waals surface area contributed by atoms with E-state index in [9.17, 15) is 8.42 Å². The monoisotopic (exact) mass is 273 g/mol. The number of nitrogen functional groups attached to an aromatic ring is 1. The van der Waals surface area contributed by atoms with E-state index in [1.54, 1.807) is 17.8 Å². The number of hydrogen-bond donors (Lipinski definition) is 2. The molecule has 1 aliphatic carbocycles. The number of anilines is 1. The summed E-state index contributed by atoms with van der Waals surface area (Å²) in [5, 5.41) is -0.0862. The molecule has 2 rings (SSSR count). The molecule has 1 aromatic rings. The topological polar surface area (TPSA) is 85.1 Å².